The van der Waals surface area contributed by atoms with Crippen molar-refractivity contribution in [2.24, 2.45) is 23.7 Å². The van der Waals surface area contributed by atoms with Gasteiger partial charge in [-0.1, -0.05) is 0 Å². The Hall–Kier alpha value is -1.04. The van der Waals surface area contributed by atoms with Crippen LogP contribution in [0.25, 0.3) is 0 Å². The molecule has 2 aliphatic carbocycles. The first-order chi connectivity index (χ1) is 9.29. The van der Waals surface area contributed by atoms with Gasteiger partial charge in [-0.05, 0) is 31.6 Å². The fraction of sp³-hybridized carbons (Fsp3) is 0.857. The van der Waals surface area contributed by atoms with Crippen LogP contribution in [0.15, 0.2) is 0 Å². The van der Waals surface area contributed by atoms with Crippen LogP contribution in [-0.2, 0) is 19.1 Å². The molecule has 1 heterocycles. The third-order valence-corrected chi connectivity index (χ3v) is 5.03. The van der Waals surface area contributed by atoms with E-state index in [0.717, 1.165) is 19.8 Å². The largest absolute Gasteiger partial charge is 0.456 e. The van der Waals surface area contributed by atoms with Crippen LogP contribution in [0, 0.1) is 23.7 Å². The number of ketones is 1. The van der Waals surface area contributed by atoms with E-state index in [9.17, 15) is 18.4 Å². The monoisotopic (exact) mass is 288 g/mol. The van der Waals surface area contributed by atoms with E-state index in [-0.39, 0.29) is 30.3 Å². The van der Waals surface area contributed by atoms with Gasteiger partial charge in [-0.3, -0.25) is 9.59 Å². The van der Waals surface area contributed by atoms with Gasteiger partial charge < -0.3 is 9.47 Å². The highest BCUT2D eigenvalue weighted by Gasteiger charge is 2.61. The maximum atomic E-state index is 13.1. The van der Waals surface area contributed by atoms with Gasteiger partial charge in [0.2, 0.25) is 0 Å². The minimum Gasteiger partial charge on any atom is -0.456 e. The molecule has 1 aliphatic heterocycles. The number of alkyl halides is 2. The first kappa shape index (κ1) is 13.9. The summed E-state index contributed by atoms with van der Waals surface area (Å²) in [7, 11) is 0. The van der Waals surface area contributed by atoms with Crippen LogP contribution in [-0.4, -0.2) is 36.5 Å². The van der Waals surface area contributed by atoms with Gasteiger partial charge in [0.05, 0.1) is 12.0 Å². The summed E-state index contributed by atoms with van der Waals surface area (Å²) in [4.78, 5) is 24.1. The fourth-order valence-electron chi connectivity index (χ4n) is 3.91. The Morgan fingerprint density at radius 1 is 1.45 bits per heavy atom. The number of esters is 1. The van der Waals surface area contributed by atoms with Gasteiger partial charge in [-0.25, -0.2) is 8.78 Å². The topological polar surface area (TPSA) is 52.6 Å². The summed E-state index contributed by atoms with van der Waals surface area (Å²) in [5.41, 5.74) is 0. The highest BCUT2D eigenvalue weighted by Crippen LogP contribution is 2.56. The molecule has 6 unspecified atom stereocenters. The van der Waals surface area contributed by atoms with Gasteiger partial charge in [0.15, 0.2) is 11.9 Å². The molecule has 6 atom stereocenters. The normalized spacial score (nSPS) is 40.8. The van der Waals surface area contributed by atoms with Crippen molar-refractivity contribution >= 4 is 11.8 Å². The van der Waals surface area contributed by atoms with Gasteiger partial charge in [0, 0.05) is 12.8 Å². The van der Waals surface area contributed by atoms with Crippen LogP contribution in [0.1, 0.15) is 26.7 Å². The number of Topliss-reactive ketones (excluding diaryl/α,β-unsaturated/α-hetero) is 1. The quantitative estimate of drug-likeness (QED) is 0.743. The molecule has 6 heteroatoms. The zero-order valence-electron chi connectivity index (χ0n) is 11.5. The van der Waals surface area contributed by atoms with E-state index in [4.69, 9.17) is 9.47 Å². The molecule has 0 aromatic carbocycles. The van der Waals surface area contributed by atoms with Gasteiger partial charge in [-0.15, -0.1) is 0 Å². The van der Waals surface area contributed by atoms with Crippen molar-refractivity contribution in [2.45, 2.75) is 44.8 Å². The summed E-state index contributed by atoms with van der Waals surface area (Å²) >= 11 is 0. The highest BCUT2D eigenvalue weighted by atomic mass is 19.3. The molecular formula is C14H18F2O4. The average molecular weight is 288 g/mol. The summed E-state index contributed by atoms with van der Waals surface area (Å²) < 4.78 is 36.6. The molecule has 0 amide bonds. The number of carbonyl (C=O) groups is 2. The lowest BCUT2D eigenvalue weighted by atomic mass is 9.74. The van der Waals surface area contributed by atoms with E-state index >= 15 is 0 Å². The Kier molecular flexibility index (Phi) is 3.12. The first-order valence-corrected chi connectivity index (χ1v) is 7.01. The molecule has 2 saturated carbocycles. The molecule has 20 heavy (non-hydrogen) atoms. The molecule has 3 rings (SSSR count). The van der Waals surface area contributed by atoms with Crippen molar-refractivity contribution in [1.29, 1.82) is 0 Å². The molecule has 3 aliphatic rings. The molecule has 0 radical (unpaired) electrons. The predicted molar refractivity (Wildman–Crippen MR) is 64.1 cm³/mol. The predicted octanol–water partition coefficient (Wildman–Crippen LogP) is 1.81. The van der Waals surface area contributed by atoms with E-state index in [1.807, 2.05) is 0 Å². The minimum atomic E-state index is -3.07. The summed E-state index contributed by atoms with van der Waals surface area (Å²) in [6.07, 6.45) is 0.0692. The lowest BCUT2D eigenvalue weighted by molar-refractivity contribution is -0.181. The van der Waals surface area contributed by atoms with Crippen molar-refractivity contribution in [2.75, 3.05) is 6.61 Å². The van der Waals surface area contributed by atoms with Crippen molar-refractivity contribution in [3.8, 4) is 0 Å². The van der Waals surface area contributed by atoms with Crippen LogP contribution in [0.3, 0.4) is 0 Å². The Morgan fingerprint density at radius 2 is 2.15 bits per heavy atom. The van der Waals surface area contributed by atoms with Crippen molar-refractivity contribution in [1.82, 2.24) is 0 Å². The lowest BCUT2D eigenvalue weighted by Crippen LogP contribution is -2.48. The Bertz CT molecular complexity index is 445. The zero-order valence-corrected chi connectivity index (χ0v) is 11.5. The Balaban J connectivity index is 1.74. The number of fused-ring (bicyclic) bond motifs is 1. The third-order valence-electron chi connectivity index (χ3n) is 5.03. The second-order valence-corrected chi connectivity index (χ2v) is 6.30. The summed E-state index contributed by atoms with van der Waals surface area (Å²) in [6, 6.07) is 0. The second-order valence-electron chi connectivity index (χ2n) is 6.30. The number of carbonyl (C=O) groups excluding carboxylic acids is 2. The van der Waals surface area contributed by atoms with E-state index in [1.165, 1.54) is 6.92 Å². The molecule has 4 nitrogen and oxygen atoms in total. The Labute approximate surface area is 115 Å². The molecule has 0 N–H and O–H groups in total. The van der Waals surface area contributed by atoms with Crippen molar-refractivity contribution < 1.29 is 27.8 Å². The highest BCUT2D eigenvalue weighted by molar-refractivity contribution is 5.89. The van der Waals surface area contributed by atoms with Crippen molar-refractivity contribution in [3.05, 3.63) is 0 Å². The summed E-state index contributed by atoms with van der Waals surface area (Å²) in [5.74, 6) is -4.66. The molecular weight excluding hydrogens is 270 g/mol. The molecule has 1 saturated heterocycles. The molecule has 2 bridgehead atoms. The minimum absolute atomic E-state index is 0.0296. The smallest absolute Gasteiger partial charge is 0.310 e. The zero-order chi connectivity index (χ0) is 14.7. The number of halogens is 2. The van der Waals surface area contributed by atoms with Gasteiger partial charge in [0.1, 0.15) is 6.61 Å². The SMILES string of the molecule is CC(OC(=O)C1C2CC3OCC(=O)C1C3C2)C(C)(F)F. The van der Waals surface area contributed by atoms with Gasteiger partial charge in [0.25, 0.3) is 5.92 Å². The molecule has 112 valence electrons. The second kappa shape index (κ2) is 4.48. The van der Waals surface area contributed by atoms with Crippen LogP contribution >= 0.6 is 0 Å². The first-order valence-electron chi connectivity index (χ1n) is 7.01. The van der Waals surface area contributed by atoms with E-state index in [1.54, 1.807) is 0 Å². The van der Waals surface area contributed by atoms with Gasteiger partial charge >= 0.3 is 5.97 Å². The molecule has 3 fully saturated rings. The summed E-state index contributed by atoms with van der Waals surface area (Å²) in [5, 5.41) is 0. The van der Waals surface area contributed by atoms with E-state index in [2.05, 4.69) is 0 Å². The molecule has 0 spiro atoms. The number of ether oxygens (including phenoxy) is 2. The maximum absolute atomic E-state index is 13.1. The van der Waals surface area contributed by atoms with Crippen LogP contribution in [0.5, 0.6) is 0 Å². The van der Waals surface area contributed by atoms with Crippen LogP contribution < -0.4 is 0 Å². The molecule has 0 aromatic heterocycles. The van der Waals surface area contributed by atoms with Crippen molar-refractivity contribution in [3.63, 3.8) is 0 Å². The van der Waals surface area contributed by atoms with Crippen LogP contribution in [0.2, 0.25) is 0 Å². The number of hydrogen-bond donors (Lipinski definition) is 0. The maximum Gasteiger partial charge on any atom is 0.310 e. The van der Waals surface area contributed by atoms with E-state index < -0.39 is 29.8 Å². The Morgan fingerprint density at radius 3 is 2.80 bits per heavy atom. The fourth-order valence-corrected chi connectivity index (χ4v) is 3.91. The van der Waals surface area contributed by atoms with Crippen LogP contribution in [0.4, 0.5) is 8.78 Å². The third kappa shape index (κ3) is 2.05. The molecule has 0 aromatic rings. The van der Waals surface area contributed by atoms with Gasteiger partial charge in [-0.2, -0.15) is 0 Å². The average Bonchev–Trinajstić information content (AvgIpc) is 2.90. The number of hydrogen-bond acceptors (Lipinski definition) is 4. The number of rotatable bonds is 3. The standard InChI is InChI=1S/C14H18F2O4/c1-6(14(2,15)16)20-13(18)11-7-3-8-10(4-7)19-5-9(17)12(8)11/h6-8,10-12H,3-5H2,1-2H3. The summed E-state index contributed by atoms with van der Waals surface area (Å²) in [6.45, 7) is 1.93. The lowest BCUT2D eigenvalue weighted by Gasteiger charge is -2.38. The van der Waals surface area contributed by atoms with E-state index in [0.29, 0.717) is 0 Å².